The van der Waals surface area contributed by atoms with Gasteiger partial charge in [-0.15, -0.1) is 0 Å². The summed E-state index contributed by atoms with van der Waals surface area (Å²) in [6.45, 7) is 5.76. The number of ether oxygens (including phenoxy) is 2. The Balaban J connectivity index is 1.87. The summed E-state index contributed by atoms with van der Waals surface area (Å²) in [5, 5.41) is 13.7. The summed E-state index contributed by atoms with van der Waals surface area (Å²) < 4.78 is 11.7. The van der Waals surface area contributed by atoms with Crippen LogP contribution in [0.4, 0.5) is 0 Å². The molecule has 4 nitrogen and oxygen atoms in total. The van der Waals surface area contributed by atoms with E-state index in [4.69, 9.17) is 9.47 Å². The largest absolute Gasteiger partial charge is 0.493 e. The summed E-state index contributed by atoms with van der Waals surface area (Å²) in [7, 11) is 1.69. The van der Waals surface area contributed by atoms with Gasteiger partial charge in [-0.2, -0.15) is 0 Å². The summed E-state index contributed by atoms with van der Waals surface area (Å²) in [6.07, 6.45) is 4.71. The molecule has 3 atom stereocenters. The number of hydrogen-bond donors (Lipinski definition) is 2. The summed E-state index contributed by atoms with van der Waals surface area (Å²) in [4.78, 5) is 0. The Morgan fingerprint density at radius 1 is 1.26 bits per heavy atom. The predicted octanol–water partition coefficient (Wildman–Crippen LogP) is 3.09. The molecule has 0 radical (unpaired) electrons. The maximum atomic E-state index is 10.2. The lowest BCUT2D eigenvalue weighted by Gasteiger charge is -2.34. The van der Waals surface area contributed by atoms with Crippen molar-refractivity contribution in [1.82, 2.24) is 5.32 Å². The summed E-state index contributed by atoms with van der Waals surface area (Å²) in [5.74, 6) is 1.92. The molecule has 1 aliphatic heterocycles. The number of rotatable bonds is 5. The van der Waals surface area contributed by atoms with Crippen molar-refractivity contribution in [2.24, 2.45) is 5.41 Å². The molecule has 1 saturated heterocycles. The second-order valence-corrected chi connectivity index (χ2v) is 7.30. The fraction of sp³-hybridized carbons (Fsp3) is 0.684. The fourth-order valence-corrected chi connectivity index (χ4v) is 3.97. The van der Waals surface area contributed by atoms with E-state index in [-0.39, 0.29) is 17.4 Å². The molecule has 0 unspecified atom stereocenters. The third kappa shape index (κ3) is 3.20. The molecule has 2 N–H and O–H groups in total. The SMILES string of the molecule is COc1ccc([C@@H]2CNC[C@@]2(C)[C@H](C)O)cc1OC1CCCC1. The Hall–Kier alpha value is -1.26. The lowest BCUT2D eigenvalue weighted by atomic mass is 9.72. The number of aliphatic hydroxyl groups excluding tert-OH is 1. The first-order chi connectivity index (χ1) is 11.0. The number of aliphatic hydroxyl groups is 1. The second-order valence-electron chi connectivity index (χ2n) is 7.30. The third-order valence-corrected chi connectivity index (χ3v) is 5.79. The molecule has 3 rings (SSSR count). The first-order valence-corrected chi connectivity index (χ1v) is 8.78. The molecule has 23 heavy (non-hydrogen) atoms. The molecule has 0 amide bonds. The van der Waals surface area contributed by atoms with Gasteiger partial charge >= 0.3 is 0 Å². The van der Waals surface area contributed by atoms with Crippen molar-refractivity contribution in [3.63, 3.8) is 0 Å². The molecule has 1 aliphatic carbocycles. The zero-order valence-corrected chi connectivity index (χ0v) is 14.5. The van der Waals surface area contributed by atoms with E-state index in [1.54, 1.807) is 7.11 Å². The van der Waals surface area contributed by atoms with Crippen molar-refractivity contribution in [2.75, 3.05) is 20.2 Å². The molecular formula is C19H29NO3. The van der Waals surface area contributed by atoms with E-state index in [9.17, 15) is 5.11 Å². The summed E-state index contributed by atoms with van der Waals surface area (Å²) in [6, 6.07) is 6.23. The van der Waals surface area contributed by atoms with Gasteiger partial charge in [0.1, 0.15) is 0 Å². The Morgan fingerprint density at radius 2 is 2.00 bits per heavy atom. The van der Waals surface area contributed by atoms with Crippen molar-refractivity contribution in [3.8, 4) is 11.5 Å². The Labute approximate surface area is 139 Å². The highest BCUT2D eigenvalue weighted by molar-refractivity contribution is 5.45. The van der Waals surface area contributed by atoms with Crippen molar-refractivity contribution < 1.29 is 14.6 Å². The topological polar surface area (TPSA) is 50.7 Å². The van der Waals surface area contributed by atoms with E-state index >= 15 is 0 Å². The predicted molar refractivity (Wildman–Crippen MR) is 91.3 cm³/mol. The van der Waals surface area contributed by atoms with Crippen molar-refractivity contribution >= 4 is 0 Å². The fourth-order valence-electron chi connectivity index (χ4n) is 3.97. The number of nitrogens with one attached hydrogen (secondary N) is 1. The average Bonchev–Trinajstić information content (AvgIpc) is 3.17. The van der Waals surface area contributed by atoms with Crippen LogP contribution in [0, 0.1) is 5.41 Å². The van der Waals surface area contributed by atoms with E-state index in [1.807, 2.05) is 13.0 Å². The van der Waals surface area contributed by atoms with Gasteiger partial charge in [0.15, 0.2) is 11.5 Å². The van der Waals surface area contributed by atoms with Gasteiger partial charge in [-0.05, 0) is 50.3 Å². The molecule has 1 saturated carbocycles. The molecule has 1 aromatic rings. The molecule has 4 heteroatoms. The van der Waals surface area contributed by atoms with Crippen LogP contribution >= 0.6 is 0 Å². The quantitative estimate of drug-likeness (QED) is 0.876. The Morgan fingerprint density at radius 3 is 2.65 bits per heavy atom. The highest BCUT2D eigenvalue weighted by Crippen LogP contribution is 2.44. The van der Waals surface area contributed by atoms with E-state index in [2.05, 4.69) is 24.4 Å². The normalized spacial score (nSPS) is 29.7. The smallest absolute Gasteiger partial charge is 0.161 e. The van der Waals surface area contributed by atoms with E-state index < -0.39 is 0 Å². The van der Waals surface area contributed by atoms with Crippen LogP contribution in [0.15, 0.2) is 18.2 Å². The second kappa shape index (κ2) is 6.70. The summed E-state index contributed by atoms with van der Waals surface area (Å²) >= 11 is 0. The van der Waals surface area contributed by atoms with E-state index in [0.717, 1.165) is 37.4 Å². The lowest BCUT2D eigenvalue weighted by molar-refractivity contribution is 0.0548. The molecule has 1 aromatic carbocycles. The minimum Gasteiger partial charge on any atom is -0.493 e. The molecule has 128 valence electrons. The van der Waals surface area contributed by atoms with Gasteiger partial charge in [0.05, 0.1) is 19.3 Å². The van der Waals surface area contributed by atoms with Gasteiger partial charge in [-0.25, -0.2) is 0 Å². The minimum absolute atomic E-state index is 0.154. The Kier molecular flexibility index (Phi) is 4.83. The van der Waals surface area contributed by atoms with Crippen LogP contribution in [0.3, 0.4) is 0 Å². The van der Waals surface area contributed by atoms with Gasteiger partial charge in [0, 0.05) is 24.4 Å². The first kappa shape index (κ1) is 16.6. The lowest BCUT2D eigenvalue weighted by Crippen LogP contribution is -2.36. The van der Waals surface area contributed by atoms with Crippen molar-refractivity contribution in [1.29, 1.82) is 0 Å². The zero-order valence-electron chi connectivity index (χ0n) is 14.5. The van der Waals surface area contributed by atoms with Crippen LogP contribution in [-0.4, -0.2) is 37.5 Å². The van der Waals surface area contributed by atoms with Crippen LogP contribution in [0.5, 0.6) is 11.5 Å². The van der Waals surface area contributed by atoms with Gasteiger partial charge in [0.2, 0.25) is 0 Å². The highest BCUT2D eigenvalue weighted by atomic mass is 16.5. The highest BCUT2D eigenvalue weighted by Gasteiger charge is 2.43. The zero-order chi connectivity index (χ0) is 16.4. The monoisotopic (exact) mass is 319 g/mol. The van der Waals surface area contributed by atoms with E-state index in [1.165, 1.54) is 18.4 Å². The minimum atomic E-state index is -0.358. The molecule has 2 aliphatic rings. The van der Waals surface area contributed by atoms with Gasteiger partial charge < -0.3 is 19.9 Å². The Bertz CT molecular complexity index is 539. The van der Waals surface area contributed by atoms with Crippen LogP contribution in [0.1, 0.15) is 51.0 Å². The third-order valence-electron chi connectivity index (χ3n) is 5.79. The molecule has 0 aromatic heterocycles. The van der Waals surface area contributed by atoms with Crippen molar-refractivity contribution in [3.05, 3.63) is 23.8 Å². The van der Waals surface area contributed by atoms with Crippen LogP contribution in [0.25, 0.3) is 0 Å². The van der Waals surface area contributed by atoms with Crippen LogP contribution < -0.4 is 14.8 Å². The molecule has 2 fully saturated rings. The molecular weight excluding hydrogens is 290 g/mol. The first-order valence-electron chi connectivity index (χ1n) is 8.78. The van der Waals surface area contributed by atoms with Crippen LogP contribution in [-0.2, 0) is 0 Å². The average molecular weight is 319 g/mol. The van der Waals surface area contributed by atoms with Gasteiger partial charge in [0.25, 0.3) is 0 Å². The molecule has 1 heterocycles. The standard InChI is InChI=1S/C19H29NO3/c1-13(21)19(2)12-20-11-16(19)14-8-9-17(22-3)18(10-14)23-15-6-4-5-7-15/h8-10,13,15-16,20-21H,4-7,11-12H2,1-3H3/t13-,16-,19-/m0/s1. The maximum absolute atomic E-state index is 10.2. The van der Waals surface area contributed by atoms with Crippen LogP contribution in [0.2, 0.25) is 0 Å². The number of methoxy groups -OCH3 is 1. The van der Waals surface area contributed by atoms with Crippen molar-refractivity contribution in [2.45, 2.75) is 57.7 Å². The van der Waals surface area contributed by atoms with Gasteiger partial charge in [-0.1, -0.05) is 13.0 Å². The maximum Gasteiger partial charge on any atom is 0.161 e. The summed E-state index contributed by atoms with van der Waals surface area (Å²) in [5.41, 5.74) is 1.06. The molecule has 0 bridgehead atoms. The number of hydrogen-bond acceptors (Lipinski definition) is 4. The van der Waals surface area contributed by atoms with Gasteiger partial charge in [-0.3, -0.25) is 0 Å². The number of benzene rings is 1. The van der Waals surface area contributed by atoms with E-state index in [0.29, 0.717) is 6.10 Å². The molecule has 0 spiro atoms.